The van der Waals surface area contributed by atoms with Gasteiger partial charge in [-0.05, 0) is 0 Å². The van der Waals surface area contributed by atoms with Gasteiger partial charge in [0.25, 0.3) is 0 Å². The molecule has 0 heterocycles. The Balaban J connectivity index is 2.04. The van der Waals surface area contributed by atoms with Crippen LogP contribution in [0.25, 0.3) is 0 Å². The zero-order chi connectivity index (χ0) is 20.3. The molecule has 146 valence electrons. The molecule has 0 aliphatic rings. The molecule has 0 saturated heterocycles. The van der Waals surface area contributed by atoms with E-state index in [1.165, 1.54) is 24.3 Å². The monoisotopic (exact) mass is 530 g/mol. The van der Waals surface area contributed by atoms with E-state index in [1.54, 1.807) is 36.4 Å². The standard InChI is InChI=1S/C18H10F5O3PTe/c19-13-14(20)16(22)18(17(23)15(13)21)26-27(28,24-11-7-3-1-4-8-11)25-12-9-5-2-6-10-12/h1-10H. The second-order valence-corrected chi connectivity index (χ2v) is 10.5. The Hall–Kier alpha value is -2.07. The van der Waals surface area contributed by atoms with Crippen molar-refractivity contribution in [2.45, 2.75) is 0 Å². The van der Waals surface area contributed by atoms with E-state index in [0.717, 1.165) is 21.2 Å². The van der Waals surface area contributed by atoms with Gasteiger partial charge in [-0.25, -0.2) is 0 Å². The predicted octanol–water partition coefficient (Wildman–Crippen LogP) is 5.77. The molecule has 0 saturated carbocycles. The first-order valence-electron chi connectivity index (χ1n) is 7.61. The molecule has 0 atom stereocenters. The fourth-order valence-corrected chi connectivity index (χ4v) is 5.42. The molecule has 0 unspecified atom stereocenters. The van der Waals surface area contributed by atoms with Crippen molar-refractivity contribution < 1.29 is 35.5 Å². The van der Waals surface area contributed by atoms with Gasteiger partial charge in [-0.15, -0.1) is 0 Å². The van der Waals surface area contributed by atoms with Crippen molar-refractivity contribution in [3.63, 3.8) is 0 Å². The molecule has 28 heavy (non-hydrogen) atoms. The van der Waals surface area contributed by atoms with E-state index in [1.807, 2.05) is 0 Å². The van der Waals surface area contributed by atoms with Crippen molar-refractivity contribution in [1.29, 1.82) is 0 Å². The van der Waals surface area contributed by atoms with Crippen LogP contribution in [0, 0.1) is 29.1 Å². The molecular formula is C18H10F5O3PTe. The molecule has 0 aliphatic heterocycles. The fraction of sp³-hybridized carbons (Fsp3) is 0. The van der Waals surface area contributed by atoms with Gasteiger partial charge in [-0.3, -0.25) is 0 Å². The van der Waals surface area contributed by atoms with Crippen LogP contribution < -0.4 is 13.6 Å². The van der Waals surface area contributed by atoms with Gasteiger partial charge in [-0.1, -0.05) is 0 Å². The summed E-state index contributed by atoms with van der Waals surface area (Å²) in [6.07, 6.45) is 0. The van der Waals surface area contributed by atoms with Crippen molar-refractivity contribution in [2.24, 2.45) is 0 Å². The molecule has 0 spiro atoms. The summed E-state index contributed by atoms with van der Waals surface area (Å²) >= 11 is 1.15. The zero-order valence-electron chi connectivity index (χ0n) is 13.7. The van der Waals surface area contributed by atoms with Gasteiger partial charge < -0.3 is 0 Å². The number of benzene rings is 3. The van der Waals surface area contributed by atoms with Crippen molar-refractivity contribution in [3.05, 3.63) is 89.7 Å². The molecule has 10 heteroatoms. The normalized spacial score (nSPS) is 11.2. The number of hydrogen-bond donors (Lipinski definition) is 0. The summed E-state index contributed by atoms with van der Waals surface area (Å²) in [6.45, 7) is 0. The van der Waals surface area contributed by atoms with Gasteiger partial charge in [-0.2, -0.15) is 0 Å². The van der Waals surface area contributed by atoms with Crippen molar-refractivity contribution >= 4 is 26.4 Å². The molecular weight excluding hydrogens is 518 g/mol. The molecule has 0 amide bonds. The average molecular weight is 528 g/mol. The number of rotatable bonds is 6. The van der Waals surface area contributed by atoms with E-state index in [0.29, 0.717) is 0 Å². The van der Waals surface area contributed by atoms with E-state index in [9.17, 15) is 22.0 Å². The Morgan fingerprint density at radius 3 is 1.29 bits per heavy atom. The Bertz CT molecular complexity index is 960. The quantitative estimate of drug-likeness (QED) is 0.134. The van der Waals surface area contributed by atoms with Crippen LogP contribution >= 0.6 is 5.17 Å². The molecule has 0 N–H and O–H groups in total. The number of halogens is 5. The topological polar surface area (TPSA) is 27.7 Å². The Morgan fingerprint density at radius 1 is 0.536 bits per heavy atom. The van der Waals surface area contributed by atoms with Crippen LogP contribution in [-0.4, -0.2) is 21.2 Å². The maximum absolute atomic E-state index is 14.1. The van der Waals surface area contributed by atoms with Crippen molar-refractivity contribution in [2.75, 3.05) is 0 Å². The average Bonchev–Trinajstić information content (AvgIpc) is 2.70. The summed E-state index contributed by atoms with van der Waals surface area (Å²) in [6, 6.07) is 16.0. The van der Waals surface area contributed by atoms with Gasteiger partial charge in [0.15, 0.2) is 0 Å². The van der Waals surface area contributed by atoms with Crippen LogP contribution in [0.4, 0.5) is 22.0 Å². The molecule has 3 aromatic carbocycles. The summed E-state index contributed by atoms with van der Waals surface area (Å²) < 4.78 is 84.9. The van der Waals surface area contributed by atoms with Gasteiger partial charge in [0.1, 0.15) is 0 Å². The van der Waals surface area contributed by atoms with Gasteiger partial charge in [0.2, 0.25) is 0 Å². The van der Waals surface area contributed by atoms with Crippen LogP contribution in [0.3, 0.4) is 0 Å². The number of para-hydroxylation sites is 2. The van der Waals surface area contributed by atoms with E-state index >= 15 is 0 Å². The van der Waals surface area contributed by atoms with E-state index in [4.69, 9.17) is 13.6 Å². The van der Waals surface area contributed by atoms with Gasteiger partial charge >= 0.3 is 169 Å². The summed E-state index contributed by atoms with van der Waals surface area (Å²) in [5.74, 6) is -11.8. The van der Waals surface area contributed by atoms with E-state index in [-0.39, 0.29) is 11.5 Å². The second kappa shape index (κ2) is 8.52. The van der Waals surface area contributed by atoms with Gasteiger partial charge in [0.05, 0.1) is 0 Å². The van der Waals surface area contributed by atoms with Crippen molar-refractivity contribution in [3.8, 4) is 17.2 Å². The third kappa shape index (κ3) is 4.49. The Morgan fingerprint density at radius 2 is 0.893 bits per heavy atom. The molecule has 0 aromatic heterocycles. The molecule has 0 radical (unpaired) electrons. The summed E-state index contributed by atoms with van der Waals surface area (Å²) in [7, 11) is 0. The molecule has 0 fully saturated rings. The molecule has 0 aliphatic carbocycles. The summed E-state index contributed by atoms with van der Waals surface area (Å²) in [5, 5.41) is -3.67. The molecule has 3 aromatic rings. The van der Waals surface area contributed by atoms with Gasteiger partial charge in [0, 0.05) is 0 Å². The number of hydrogen-bond acceptors (Lipinski definition) is 3. The molecule has 3 nitrogen and oxygen atoms in total. The predicted molar refractivity (Wildman–Crippen MR) is 93.7 cm³/mol. The second-order valence-electron chi connectivity index (χ2n) is 5.25. The molecule has 3 rings (SSSR count). The van der Waals surface area contributed by atoms with E-state index < -0.39 is 40.0 Å². The summed E-state index contributed by atoms with van der Waals surface area (Å²) in [5.41, 5.74) is 0. The third-order valence-corrected chi connectivity index (χ3v) is 6.48. The molecule has 0 bridgehead atoms. The van der Waals surface area contributed by atoms with Crippen LogP contribution in [-0.2, 0) is 0 Å². The summed E-state index contributed by atoms with van der Waals surface area (Å²) in [4.78, 5) is 0. The fourth-order valence-electron chi connectivity index (χ4n) is 2.05. The van der Waals surface area contributed by atoms with Crippen LogP contribution in [0.1, 0.15) is 0 Å². The third-order valence-electron chi connectivity index (χ3n) is 3.29. The first kappa shape index (κ1) is 20.7. The van der Waals surface area contributed by atoms with Crippen molar-refractivity contribution in [1.82, 2.24) is 0 Å². The SMILES string of the molecule is Fc1c(F)c(F)c(OP(=[Te])(Oc2ccccc2)Oc2ccccc2)c(F)c1F. The first-order chi connectivity index (χ1) is 13.3. The minimum atomic E-state index is -3.67. The Labute approximate surface area is 168 Å². The minimum absolute atomic E-state index is 0.223. The maximum atomic E-state index is 14.1. The Kier molecular flexibility index (Phi) is 6.29. The van der Waals surface area contributed by atoms with Crippen LogP contribution in [0.15, 0.2) is 60.7 Å². The van der Waals surface area contributed by atoms with E-state index in [2.05, 4.69) is 0 Å². The zero-order valence-corrected chi connectivity index (χ0v) is 17.0. The van der Waals surface area contributed by atoms with Crippen LogP contribution in [0.5, 0.6) is 17.2 Å². The first-order valence-corrected chi connectivity index (χ1v) is 12.2. The van der Waals surface area contributed by atoms with Crippen LogP contribution in [0.2, 0.25) is 0 Å².